The van der Waals surface area contributed by atoms with Gasteiger partial charge in [0, 0.05) is 4.47 Å². The minimum Gasteiger partial charge on any atom is -0.467 e. The number of carbonyl (C=O) groups is 1. The van der Waals surface area contributed by atoms with Gasteiger partial charge in [0.25, 0.3) is 0 Å². The molecule has 0 bridgehead atoms. The van der Waals surface area contributed by atoms with Crippen molar-refractivity contribution in [2.75, 3.05) is 7.11 Å². The summed E-state index contributed by atoms with van der Waals surface area (Å²) >= 11 is 3.30. The Hall–Kier alpha value is -1.69. The van der Waals surface area contributed by atoms with Crippen molar-refractivity contribution in [1.29, 1.82) is 0 Å². The standard InChI is InChI=1S/C16H15BrO4/c1-21-15(19)16(20,12-5-3-2-4-6-12)14(18)11-7-9-13(17)10-8-11/h2-10,14,18,20H,1H3. The zero-order valence-corrected chi connectivity index (χ0v) is 12.9. The lowest BCUT2D eigenvalue weighted by atomic mass is 9.84. The van der Waals surface area contributed by atoms with Gasteiger partial charge in [0.15, 0.2) is 0 Å². The molecular formula is C16H15BrO4. The Morgan fingerprint density at radius 2 is 1.71 bits per heavy atom. The highest BCUT2D eigenvalue weighted by Crippen LogP contribution is 2.36. The third-order valence-electron chi connectivity index (χ3n) is 3.29. The Balaban J connectivity index is 2.50. The lowest BCUT2D eigenvalue weighted by molar-refractivity contribution is -0.178. The van der Waals surface area contributed by atoms with Crippen molar-refractivity contribution in [2.24, 2.45) is 0 Å². The van der Waals surface area contributed by atoms with Crippen molar-refractivity contribution < 1.29 is 19.7 Å². The zero-order chi connectivity index (χ0) is 15.5. The van der Waals surface area contributed by atoms with Crippen LogP contribution in [0.3, 0.4) is 0 Å². The maximum absolute atomic E-state index is 12.1. The molecule has 2 unspecified atom stereocenters. The monoisotopic (exact) mass is 350 g/mol. The highest BCUT2D eigenvalue weighted by Gasteiger charge is 2.47. The van der Waals surface area contributed by atoms with Gasteiger partial charge in [0.05, 0.1) is 7.11 Å². The molecule has 0 aliphatic heterocycles. The Kier molecular flexibility index (Phi) is 4.77. The number of hydrogen-bond acceptors (Lipinski definition) is 4. The minimum atomic E-state index is -2.16. The predicted molar refractivity (Wildman–Crippen MR) is 81.5 cm³/mol. The molecule has 0 aromatic heterocycles. The summed E-state index contributed by atoms with van der Waals surface area (Å²) in [5, 5.41) is 21.3. The van der Waals surface area contributed by atoms with Crippen molar-refractivity contribution in [3.05, 3.63) is 70.2 Å². The van der Waals surface area contributed by atoms with E-state index in [1.807, 2.05) is 0 Å². The van der Waals surface area contributed by atoms with E-state index in [4.69, 9.17) is 0 Å². The topological polar surface area (TPSA) is 66.8 Å². The van der Waals surface area contributed by atoms with Crippen LogP contribution in [0.4, 0.5) is 0 Å². The molecule has 2 aromatic rings. The van der Waals surface area contributed by atoms with Gasteiger partial charge in [-0.05, 0) is 23.3 Å². The molecule has 5 heteroatoms. The molecular weight excluding hydrogens is 336 g/mol. The van der Waals surface area contributed by atoms with E-state index in [9.17, 15) is 15.0 Å². The van der Waals surface area contributed by atoms with Crippen molar-refractivity contribution in [2.45, 2.75) is 11.7 Å². The highest BCUT2D eigenvalue weighted by molar-refractivity contribution is 9.10. The maximum atomic E-state index is 12.1. The van der Waals surface area contributed by atoms with Crippen LogP contribution in [0.1, 0.15) is 17.2 Å². The Morgan fingerprint density at radius 3 is 2.24 bits per heavy atom. The molecule has 0 saturated carbocycles. The second kappa shape index (κ2) is 6.39. The molecule has 2 rings (SSSR count). The summed E-state index contributed by atoms with van der Waals surface area (Å²) in [4.78, 5) is 12.1. The normalized spacial score (nSPS) is 15.0. The molecule has 4 nitrogen and oxygen atoms in total. The third-order valence-corrected chi connectivity index (χ3v) is 3.82. The van der Waals surface area contributed by atoms with Crippen molar-refractivity contribution >= 4 is 21.9 Å². The van der Waals surface area contributed by atoms with Crippen LogP contribution in [0.2, 0.25) is 0 Å². The average molecular weight is 351 g/mol. The molecule has 0 heterocycles. The molecule has 0 saturated heterocycles. The van der Waals surface area contributed by atoms with E-state index in [-0.39, 0.29) is 5.56 Å². The van der Waals surface area contributed by atoms with Gasteiger partial charge in [0.2, 0.25) is 5.60 Å². The largest absolute Gasteiger partial charge is 0.467 e. The van der Waals surface area contributed by atoms with E-state index in [2.05, 4.69) is 20.7 Å². The van der Waals surface area contributed by atoms with Gasteiger partial charge in [-0.25, -0.2) is 4.79 Å². The van der Waals surface area contributed by atoms with Crippen LogP contribution in [0.5, 0.6) is 0 Å². The molecule has 2 N–H and O–H groups in total. The molecule has 0 aliphatic rings. The SMILES string of the molecule is COC(=O)C(O)(c1ccccc1)C(O)c1ccc(Br)cc1. The number of aliphatic hydroxyl groups is 2. The smallest absolute Gasteiger partial charge is 0.345 e. The number of hydrogen-bond donors (Lipinski definition) is 2. The number of rotatable bonds is 4. The summed E-state index contributed by atoms with van der Waals surface area (Å²) in [6.07, 6.45) is -1.44. The molecule has 0 radical (unpaired) electrons. The van der Waals surface area contributed by atoms with Crippen LogP contribution >= 0.6 is 15.9 Å². The van der Waals surface area contributed by atoms with Gasteiger partial charge >= 0.3 is 5.97 Å². The van der Waals surface area contributed by atoms with Crippen LogP contribution in [0.25, 0.3) is 0 Å². The molecule has 0 aliphatic carbocycles. The second-order valence-corrected chi connectivity index (χ2v) is 5.49. The summed E-state index contributed by atoms with van der Waals surface area (Å²) in [5.41, 5.74) is -1.48. The molecule has 2 aromatic carbocycles. The Morgan fingerprint density at radius 1 is 1.14 bits per heavy atom. The summed E-state index contributed by atoms with van der Waals surface area (Å²) in [6, 6.07) is 15.0. The minimum absolute atomic E-state index is 0.271. The third kappa shape index (κ3) is 3.00. The van der Waals surface area contributed by atoms with Gasteiger partial charge in [-0.3, -0.25) is 0 Å². The lowest BCUT2D eigenvalue weighted by Gasteiger charge is -2.31. The van der Waals surface area contributed by atoms with Gasteiger partial charge in [-0.1, -0.05) is 58.4 Å². The molecule has 2 atom stereocenters. The van der Waals surface area contributed by atoms with Crippen LogP contribution in [-0.2, 0) is 15.1 Å². The van der Waals surface area contributed by atoms with Crippen molar-refractivity contribution in [3.63, 3.8) is 0 Å². The molecule has 0 fully saturated rings. The predicted octanol–water partition coefficient (Wildman–Crippen LogP) is 2.54. The van der Waals surface area contributed by atoms with Crippen molar-refractivity contribution in [3.8, 4) is 0 Å². The first-order chi connectivity index (χ1) is 10.00. The molecule has 0 spiro atoms. The summed E-state index contributed by atoms with van der Waals surface area (Å²) in [6.45, 7) is 0. The summed E-state index contributed by atoms with van der Waals surface area (Å²) in [7, 11) is 1.17. The van der Waals surface area contributed by atoms with Crippen LogP contribution < -0.4 is 0 Å². The maximum Gasteiger partial charge on any atom is 0.345 e. The molecule has 110 valence electrons. The first kappa shape index (κ1) is 15.7. The Bertz CT molecular complexity index is 612. The number of esters is 1. The van der Waals surface area contributed by atoms with Crippen LogP contribution in [0.15, 0.2) is 59.1 Å². The number of halogens is 1. The van der Waals surface area contributed by atoms with Gasteiger partial charge in [0.1, 0.15) is 6.10 Å². The van der Waals surface area contributed by atoms with Gasteiger partial charge < -0.3 is 14.9 Å². The molecule has 0 amide bonds. The summed E-state index contributed by atoms with van der Waals surface area (Å²) < 4.78 is 5.51. The first-order valence-electron chi connectivity index (χ1n) is 6.30. The van der Waals surface area contributed by atoms with Gasteiger partial charge in [-0.15, -0.1) is 0 Å². The average Bonchev–Trinajstić information content (AvgIpc) is 2.54. The van der Waals surface area contributed by atoms with Gasteiger partial charge in [-0.2, -0.15) is 0 Å². The number of carbonyl (C=O) groups excluding carboxylic acids is 1. The van der Waals surface area contributed by atoms with Crippen LogP contribution in [0, 0.1) is 0 Å². The number of benzene rings is 2. The Labute approximate surface area is 131 Å². The van der Waals surface area contributed by atoms with E-state index in [1.165, 1.54) is 7.11 Å². The number of aliphatic hydroxyl groups excluding tert-OH is 1. The fraction of sp³-hybridized carbons (Fsp3) is 0.188. The fourth-order valence-corrected chi connectivity index (χ4v) is 2.39. The van der Waals surface area contributed by atoms with E-state index in [1.54, 1.807) is 54.6 Å². The van der Waals surface area contributed by atoms with Crippen LogP contribution in [-0.4, -0.2) is 23.3 Å². The highest BCUT2D eigenvalue weighted by atomic mass is 79.9. The molecule has 21 heavy (non-hydrogen) atoms. The van der Waals surface area contributed by atoms with E-state index >= 15 is 0 Å². The quantitative estimate of drug-likeness (QED) is 0.831. The summed E-state index contributed by atoms with van der Waals surface area (Å²) in [5.74, 6) is -0.913. The fourth-order valence-electron chi connectivity index (χ4n) is 2.12. The van der Waals surface area contributed by atoms with E-state index in [0.717, 1.165) is 4.47 Å². The van der Waals surface area contributed by atoms with E-state index < -0.39 is 17.7 Å². The van der Waals surface area contributed by atoms with E-state index in [0.29, 0.717) is 5.56 Å². The second-order valence-electron chi connectivity index (χ2n) is 4.58. The van der Waals surface area contributed by atoms with Crippen molar-refractivity contribution in [1.82, 2.24) is 0 Å². The lowest BCUT2D eigenvalue weighted by Crippen LogP contribution is -2.42. The number of ether oxygens (including phenoxy) is 1. The first-order valence-corrected chi connectivity index (χ1v) is 7.09. The zero-order valence-electron chi connectivity index (χ0n) is 11.4. The number of methoxy groups -OCH3 is 1.